The lowest BCUT2D eigenvalue weighted by Gasteiger charge is -2.14. The van der Waals surface area contributed by atoms with Crippen molar-refractivity contribution in [2.24, 2.45) is 0 Å². The van der Waals surface area contributed by atoms with E-state index in [4.69, 9.17) is 5.11 Å². The molecule has 3 nitrogen and oxygen atoms in total. The number of benzene rings is 1. The summed E-state index contributed by atoms with van der Waals surface area (Å²) in [5, 5.41) is 11.9. The van der Waals surface area contributed by atoms with E-state index in [1.54, 1.807) is 6.07 Å². The van der Waals surface area contributed by atoms with Gasteiger partial charge in [-0.1, -0.05) is 35.3 Å². The third-order valence-corrected chi connectivity index (χ3v) is 3.17. The van der Waals surface area contributed by atoms with Crippen LogP contribution in [0.5, 0.6) is 0 Å². The van der Waals surface area contributed by atoms with Gasteiger partial charge in [0.2, 0.25) is 0 Å². The summed E-state index contributed by atoms with van der Waals surface area (Å²) >= 11 is 3.25. The number of nitrogens with one attached hydrogen (secondary N) is 1. The number of hydrogen-bond acceptors (Lipinski definition) is 2. The van der Waals surface area contributed by atoms with E-state index < -0.39 is 12.0 Å². The lowest BCUT2D eigenvalue weighted by atomic mass is 10.1. The first-order valence-corrected chi connectivity index (χ1v) is 6.24. The molecule has 5 heteroatoms. The Bertz CT molecular complexity index is 398. The van der Waals surface area contributed by atoms with E-state index in [9.17, 15) is 9.18 Å². The highest BCUT2D eigenvalue weighted by molar-refractivity contribution is 9.10. The maximum Gasteiger partial charge on any atom is 0.320 e. The fourth-order valence-corrected chi connectivity index (χ4v) is 1.99. The molecule has 0 aliphatic carbocycles. The zero-order valence-electron chi connectivity index (χ0n) is 9.54. The highest BCUT2D eigenvalue weighted by Crippen LogP contribution is 2.18. The maximum absolute atomic E-state index is 12.9. The molecule has 0 aromatic heterocycles. The first-order valence-electron chi connectivity index (χ1n) is 5.44. The molecule has 1 aromatic rings. The second-order valence-corrected chi connectivity index (χ2v) is 4.65. The second kappa shape index (κ2) is 6.71. The van der Waals surface area contributed by atoms with Gasteiger partial charge in [-0.3, -0.25) is 4.79 Å². The summed E-state index contributed by atoms with van der Waals surface area (Å²) < 4.78 is 13.5. The summed E-state index contributed by atoms with van der Waals surface area (Å²) in [6, 6.07) is 3.80. The fraction of sp³-hybridized carbons (Fsp3) is 0.417. The molecular weight excluding hydrogens is 289 g/mol. The molecule has 1 unspecified atom stereocenters. The smallest absolute Gasteiger partial charge is 0.320 e. The van der Waals surface area contributed by atoms with Crippen LogP contribution in [0, 0.1) is 5.82 Å². The summed E-state index contributed by atoms with van der Waals surface area (Å²) in [6.07, 6.45) is 1.38. The minimum absolute atomic E-state index is 0.316. The number of carbonyl (C=O) groups is 1. The largest absolute Gasteiger partial charge is 0.480 e. The zero-order chi connectivity index (χ0) is 12.8. The quantitative estimate of drug-likeness (QED) is 0.849. The van der Waals surface area contributed by atoms with Gasteiger partial charge in [-0.05, 0) is 24.1 Å². The van der Waals surface area contributed by atoms with Crippen LogP contribution in [0.1, 0.15) is 25.3 Å². The molecule has 0 aliphatic rings. The van der Waals surface area contributed by atoms with Gasteiger partial charge in [0, 0.05) is 11.0 Å². The van der Waals surface area contributed by atoms with Crippen LogP contribution < -0.4 is 5.32 Å². The Morgan fingerprint density at radius 2 is 2.29 bits per heavy atom. The summed E-state index contributed by atoms with van der Waals surface area (Å²) in [5.41, 5.74) is 0.841. The number of aliphatic carboxylic acids is 1. The third-order valence-electron chi connectivity index (χ3n) is 2.43. The summed E-state index contributed by atoms with van der Waals surface area (Å²) in [6.45, 7) is 2.34. The Morgan fingerprint density at radius 3 is 2.82 bits per heavy atom. The molecule has 0 heterocycles. The van der Waals surface area contributed by atoms with Crippen LogP contribution in [0.25, 0.3) is 0 Å². The monoisotopic (exact) mass is 303 g/mol. The molecule has 0 aliphatic heterocycles. The van der Waals surface area contributed by atoms with Crippen LogP contribution in [-0.2, 0) is 11.3 Å². The first-order chi connectivity index (χ1) is 8.04. The third kappa shape index (κ3) is 4.44. The molecule has 1 atom stereocenters. The molecule has 0 saturated heterocycles. The van der Waals surface area contributed by atoms with E-state index in [2.05, 4.69) is 21.2 Å². The molecule has 0 saturated carbocycles. The molecule has 94 valence electrons. The van der Waals surface area contributed by atoms with Crippen molar-refractivity contribution in [3.63, 3.8) is 0 Å². The van der Waals surface area contributed by atoms with E-state index in [0.717, 1.165) is 12.0 Å². The van der Waals surface area contributed by atoms with Crippen molar-refractivity contribution in [1.82, 2.24) is 5.32 Å². The van der Waals surface area contributed by atoms with Gasteiger partial charge in [-0.25, -0.2) is 4.39 Å². The van der Waals surface area contributed by atoms with Gasteiger partial charge >= 0.3 is 5.97 Å². The first kappa shape index (κ1) is 14.1. The van der Waals surface area contributed by atoms with Gasteiger partial charge < -0.3 is 10.4 Å². The van der Waals surface area contributed by atoms with E-state index in [0.29, 0.717) is 17.4 Å². The predicted molar refractivity (Wildman–Crippen MR) is 67.3 cm³/mol. The minimum atomic E-state index is -0.856. The zero-order valence-corrected chi connectivity index (χ0v) is 11.1. The second-order valence-electron chi connectivity index (χ2n) is 3.80. The average molecular weight is 304 g/mol. The topological polar surface area (TPSA) is 49.3 Å². The van der Waals surface area contributed by atoms with Gasteiger partial charge in [0.25, 0.3) is 0 Å². The molecule has 17 heavy (non-hydrogen) atoms. The van der Waals surface area contributed by atoms with Gasteiger partial charge in [-0.15, -0.1) is 0 Å². The van der Waals surface area contributed by atoms with Crippen molar-refractivity contribution in [2.45, 2.75) is 32.4 Å². The van der Waals surface area contributed by atoms with Gasteiger partial charge in [-0.2, -0.15) is 0 Å². The lowest BCUT2D eigenvalue weighted by molar-refractivity contribution is -0.139. The van der Waals surface area contributed by atoms with Crippen LogP contribution in [0.2, 0.25) is 0 Å². The summed E-state index contributed by atoms with van der Waals surface area (Å²) in [5.74, 6) is -1.17. The maximum atomic E-state index is 12.9. The minimum Gasteiger partial charge on any atom is -0.480 e. The van der Waals surface area contributed by atoms with Gasteiger partial charge in [0.05, 0.1) is 0 Å². The molecule has 0 radical (unpaired) electrons. The van der Waals surface area contributed by atoms with Crippen LogP contribution in [0.3, 0.4) is 0 Å². The molecular formula is C12H15BrFNO2. The van der Waals surface area contributed by atoms with Crippen LogP contribution in [0.4, 0.5) is 4.39 Å². The van der Waals surface area contributed by atoms with Crippen molar-refractivity contribution < 1.29 is 14.3 Å². The molecule has 0 bridgehead atoms. The van der Waals surface area contributed by atoms with E-state index in [-0.39, 0.29) is 5.82 Å². The van der Waals surface area contributed by atoms with E-state index >= 15 is 0 Å². The highest BCUT2D eigenvalue weighted by Gasteiger charge is 2.15. The summed E-state index contributed by atoms with van der Waals surface area (Å²) in [4.78, 5) is 10.9. The lowest BCUT2D eigenvalue weighted by Crippen LogP contribution is -2.36. The average Bonchev–Trinajstić information content (AvgIpc) is 2.25. The fourth-order valence-electron chi connectivity index (χ4n) is 1.50. The predicted octanol–water partition coefficient (Wildman–Crippen LogP) is 2.93. The number of rotatable bonds is 6. The molecule has 2 N–H and O–H groups in total. The standard InChI is InChI=1S/C12H15BrFNO2/c1-2-3-11(12(16)17)15-7-8-4-5-9(14)6-10(8)13/h4-6,11,15H,2-3,7H2,1H3,(H,16,17). The Morgan fingerprint density at radius 1 is 1.59 bits per heavy atom. The number of hydrogen-bond donors (Lipinski definition) is 2. The van der Waals surface area contributed by atoms with Gasteiger partial charge in [0.15, 0.2) is 0 Å². The van der Waals surface area contributed by atoms with Crippen molar-refractivity contribution in [1.29, 1.82) is 0 Å². The van der Waals surface area contributed by atoms with Crippen LogP contribution >= 0.6 is 15.9 Å². The van der Waals surface area contributed by atoms with E-state index in [1.807, 2.05) is 6.92 Å². The SMILES string of the molecule is CCCC(NCc1ccc(F)cc1Br)C(=O)O. The van der Waals surface area contributed by atoms with Crippen molar-refractivity contribution in [3.05, 3.63) is 34.1 Å². The Hall–Kier alpha value is -0.940. The van der Waals surface area contributed by atoms with Crippen LogP contribution in [0.15, 0.2) is 22.7 Å². The summed E-state index contributed by atoms with van der Waals surface area (Å²) in [7, 11) is 0. The number of carboxylic acid groups (broad SMARTS) is 1. The van der Waals surface area contributed by atoms with Crippen molar-refractivity contribution in [2.75, 3.05) is 0 Å². The molecule has 1 rings (SSSR count). The van der Waals surface area contributed by atoms with Crippen LogP contribution in [-0.4, -0.2) is 17.1 Å². The van der Waals surface area contributed by atoms with Gasteiger partial charge in [0.1, 0.15) is 11.9 Å². The Labute approximate surface area is 108 Å². The molecule has 0 spiro atoms. The van der Waals surface area contributed by atoms with Crippen molar-refractivity contribution >= 4 is 21.9 Å². The van der Waals surface area contributed by atoms with E-state index in [1.165, 1.54) is 12.1 Å². The normalized spacial score (nSPS) is 12.4. The molecule has 0 fully saturated rings. The van der Waals surface area contributed by atoms with Crippen molar-refractivity contribution in [3.8, 4) is 0 Å². The highest BCUT2D eigenvalue weighted by atomic mass is 79.9. The number of carboxylic acids is 1. The molecule has 1 aromatic carbocycles. The molecule has 0 amide bonds. The Balaban J connectivity index is 2.62. The number of halogens is 2. The Kier molecular flexibility index (Phi) is 5.58.